The number of carbonyl (C=O) groups is 1. The van der Waals surface area contributed by atoms with E-state index in [1.165, 1.54) is 0 Å². The van der Waals surface area contributed by atoms with Crippen LogP contribution in [0.5, 0.6) is 0 Å². The summed E-state index contributed by atoms with van der Waals surface area (Å²) >= 11 is 0. The Kier molecular flexibility index (Phi) is 9.89. The summed E-state index contributed by atoms with van der Waals surface area (Å²) in [5, 5.41) is 7.12. The van der Waals surface area contributed by atoms with Crippen molar-refractivity contribution in [3.05, 3.63) is 0 Å². The molecule has 0 unspecified atom stereocenters. The Balaban J connectivity index is -0.000000180. The molecule has 9 heavy (non-hydrogen) atoms. The van der Waals surface area contributed by atoms with E-state index in [4.69, 9.17) is 9.90 Å². The third-order valence-corrected chi connectivity index (χ3v) is 0.243. The van der Waals surface area contributed by atoms with Crippen LogP contribution in [0, 0.1) is 0 Å². The summed E-state index contributed by atoms with van der Waals surface area (Å²) in [6.45, 7) is 0. The molecule has 0 saturated carbocycles. The molecule has 0 fully saturated rings. The van der Waals surface area contributed by atoms with Crippen molar-refractivity contribution in [2.24, 2.45) is 0 Å². The quantitative estimate of drug-likeness (QED) is 0.662. The molecule has 0 spiro atoms. The SMILES string of the molecule is O=C(O)C(F)(F)F.[Ag].[Pd]. The van der Waals surface area contributed by atoms with Crippen LogP contribution >= 0.6 is 0 Å². The van der Waals surface area contributed by atoms with Crippen molar-refractivity contribution in [2.75, 3.05) is 0 Å². The third-order valence-electron chi connectivity index (χ3n) is 0.243. The normalized spacial score (nSPS) is 8.78. The summed E-state index contributed by atoms with van der Waals surface area (Å²) in [6.07, 6.45) is -5.08. The first-order chi connectivity index (χ1) is 2.94. The molecule has 2 nitrogen and oxygen atoms in total. The van der Waals surface area contributed by atoms with E-state index in [-0.39, 0.29) is 42.8 Å². The van der Waals surface area contributed by atoms with Gasteiger partial charge in [0, 0.05) is 42.8 Å². The second-order valence-electron chi connectivity index (χ2n) is 0.803. The van der Waals surface area contributed by atoms with E-state index in [9.17, 15) is 13.2 Å². The number of hydrogen-bond donors (Lipinski definition) is 1. The van der Waals surface area contributed by atoms with E-state index in [0.29, 0.717) is 0 Å². The number of alkyl halides is 3. The van der Waals surface area contributed by atoms with Crippen molar-refractivity contribution in [3.8, 4) is 0 Å². The van der Waals surface area contributed by atoms with Crippen LogP contribution in [0.3, 0.4) is 0 Å². The molecule has 0 aromatic rings. The molecule has 0 bridgehead atoms. The second kappa shape index (κ2) is 5.45. The molecule has 0 aromatic carbocycles. The standard InChI is InChI=1S/C2HF3O2.Ag.Pd/c3-2(4,5)1(6)7;;/h(H,6,7);;. The van der Waals surface area contributed by atoms with Gasteiger partial charge in [-0.05, 0) is 0 Å². The topological polar surface area (TPSA) is 37.3 Å². The third kappa shape index (κ3) is 8.66. The number of hydrogen-bond acceptors (Lipinski definition) is 1. The summed E-state index contributed by atoms with van der Waals surface area (Å²) in [6, 6.07) is 0. The largest absolute Gasteiger partial charge is 0.490 e. The number of carboxylic acid groups (broad SMARTS) is 1. The number of aliphatic carboxylic acids is 1. The molecule has 1 N–H and O–H groups in total. The molecule has 0 aromatic heterocycles. The van der Waals surface area contributed by atoms with Gasteiger partial charge in [0.05, 0.1) is 0 Å². The molecule has 1 radical (unpaired) electrons. The van der Waals surface area contributed by atoms with Crippen molar-refractivity contribution in [1.29, 1.82) is 0 Å². The van der Waals surface area contributed by atoms with Crippen LogP contribution in [0.1, 0.15) is 0 Å². The van der Waals surface area contributed by atoms with Gasteiger partial charge in [0.1, 0.15) is 0 Å². The first-order valence-corrected chi connectivity index (χ1v) is 1.24. The predicted molar refractivity (Wildman–Crippen MR) is 13.7 cm³/mol. The van der Waals surface area contributed by atoms with Crippen molar-refractivity contribution in [1.82, 2.24) is 0 Å². The second-order valence-corrected chi connectivity index (χ2v) is 0.803. The Morgan fingerprint density at radius 1 is 1.33 bits per heavy atom. The van der Waals surface area contributed by atoms with Crippen LogP contribution in [0.2, 0.25) is 0 Å². The number of carboxylic acids is 1. The monoisotopic (exact) mass is 327 g/mol. The molecule has 7 heteroatoms. The molecule has 63 valence electrons. The van der Waals surface area contributed by atoms with Crippen LogP contribution in [0.15, 0.2) is 0 Å². The fraction of sp³-hybridized carbons (Fsp3) is 0.500. The molecular weight excluding hydrogens is 327 g/mol. The summed E-state index contributed by atoms with van der Waals surface area (Å²) < 4.78 is 31.7. The maximum atomic E-state index is 10.6. The van der Waals surface area contributed by atoms with Gasteiger partial charge in [-0.25, -0.2) is 4.79 Å². The van der Waals surface area contributed by atoms with Crippen LogP contribution < -0.4 is 0 Å². The van der Waals surface area contributed by atoms with Crippen molar-refractivity contribution >= 4 is 5.97 Å². The van der Waals surface area contributed by atoms with Crippen LogP contribution in [-0.2, 0) is 47.6 Å². The van der Waals surface area contributed by atoms with Gasteiger partial charge in [0.15, 0.2) is 0 Å². The number of rotatable bonds is 0. The summed E-state index contributed by atoms with van der Waals surface area (Å²) in [5.41, 5.74) is 0. The molecule has 0 aliphatic rings. The molecule has 0 saturated heterocycles. The molecule has 0 amide bonds. The van der Waals surface area contributed by atoms with Gasteiger partial charge in [-0.1, -0.05) is 0 Å². The van der Waals surface area contributed by atoms with E-state index in [1.54, 1.807) is 0 Å². The van der Waals surface area contributed by atoms with Crippen molar-refractivity contribution in [3.63, 3.8) is 0 Å². The summed E-state index contributed by atoms with van der Waals surface area (Å²) in [5.74, 6) is -2.76. The van der Waals surface area contributed by atoms with Crippen LogP contribution in [-0.4, -0.2) is 17.3 Å². The molecule has 0 rings (SSSR count). The minimum atomic E-state index is -5.08. The predicted octanol–water partition coefficient (Wildman–Crippen LogP) is 0.628. The van der Waals surface area contributed by atoms with Gasteiger partial charge in [0.25, 0.3) is 0 Å². The molecule has 0 heterocycles. The van der Waals surface area contributed by atoms with E-state index in [1.807, 2.05) is 0 Å². The van der Waals surface area contributed by atoms with E-state index >= 15 is 0 Å². The Labute approximate surface area is 78.0 Å². The molecule has 0 aliphatic carbocycles. The Bertz CT molecular complexity index is 92.3. The van der Waals surface area contributed by atoms with Gasteiger partial charge in [0.2, 0.25) is 0 Å². The fourth-order valence-electron chi connectivity index (χ4n) is 0. The van der Waals surface area contributed by atoms with Crippen LogP contribution in [0.4, 0.5) is 13.2 Å². The molecule has 0 aliphatic heterocycles. The molecule has 0 atom stereocenters. The zero-order valence-electron chi connectivity index (χ0n) is 3.61. The van der Waals surface area contributed by atoms with E-state index in [2.05, 4.69) is 0 Å². The minimum Gasteiger partial charge on any atom is -0.475 e. The molecular formula is C2HAgF3O2Pd. The smallest absolute Gasteiger partial charge is 0.475 e. The zero-order valence-corrected chi connectivity index (χ0v) is 6.64. The van der Waals surface area contributed by atoms with Gasteiger partial charge in [-0.3, -0.25) is 0 Å². The maximum absolute atomic E-state index is 10.6. The van der Waals surface area contributed by atoms with E-state index in [0.717, 1.165) is 0 Å². The first kappa shape index (κ1) is 16.3. The van der Waals surface area contributed by atoms with E-state index < -0.39 is 12.1 Å². The summed E-state index contributed by atoms with van der Waals surface area (Å²) in [4.78, 5) is 8.90. The van der Waals surface area contributed by atoms with Gasteiger partial charge in [-0.15, -0.1) is 0 Å². The Hall–Kier alpha value is 0.663. The van der Waals surface area contributed by atoms with Crippen molar-refractivity contribution in [2.45, 2.75) is 6.18 Å². The Morgan fingerprint density at radius 3 is 1.44 bits per heavy atom. The average Bonchev–Trinajstić information content (AvgIpc) is 1.31. The fourth-order valence-corrected chi connectivity index (χ4v) is 0. The number of halogens is 3. The average molecular weight is 328 g/mol. The Morgan fingerprint density at radius 2 is 1.44 bits per heavy atom. The van der Waals surface area contributed by atoms with Gasteiger partial charge >= 0.3 is 12.1 Å². The zero-order chi connectivity index (χ0) is 6.08. The van der Waals surface area contributed by atoms with Gasteiger partial charge < -0.3 is 5.11 Å². The van der Waals surface area contributed by atoms with Crippen molar-refractivity contribution < 1.29 is 65.9 Å². The van der Waals surface area contributed by atoms with Crippen LogP contribution in [0.25, 0.3) is 0 Å². The maximum Gasteiger partial charge on any atom is 0.490 e. The first-order valence-electron chi connectivity index (χ1n) is 1.24. The summed E-state index contributed by atoms with van der Waals surface area (Å²) in [7, 11) is 0. The van der Waals surface area contributed by atoms with Gasteiger partial charge in [-0.2, -0.15) is 13.2 Å². The minimum absolute atomic E-state index is 0.